The van der Waals surface area contributed by atoms with Gasteiger partial charge >= 0.3 is 0 Å². The van der Waals surface area contributed by atoms with Gasteiger partial charge in [0.25, 0.3) is 5.91 Å². The van der Waals surface area contributed by atoms with E-state index < -0.39 is 0 Å². The molecule has 2 heterocycles. The predicted octanol–water partition coefficient (Wildman–Crippen LogP) is 6.55. The Hall–Kier alpha value is -4.23. The van der Waals surface area contributed by atoms with Crippen LogP contribution in [0, 0.1) is 5.92 Å². The minimum absolute atomic E-state index is 0.0615. The van der Waals surface area contributed by atoms with Crippen LogP contribution in [-0.2, 0) is 11.2 Å². The summed E-state index contributed by atoms with van der Waals surface area (Å²) in [6.07, 6.45) is 2.68. The van der Waals surface area contributed by atoms with Crippen molar-refractivity contribution in [3.8, 4) is 11.3 Å². The molecule has 1 aliphatic rings. The van der Waals surface area contributed by atoms with Crippen molar-refractivity contribution >= 4 is 40.7 Å². The zero-order valence-electron chi connectivity index (χ0n) is 21.2. The summed E-state index contributed by atoms with van der Waals surface area (Å²) in [7, 11) is 0. The van der Waals surface area contributed by atoms with Crippen molar-refractivity contribution in [3.05, 3.63) is 101 Å². The molecular formula is C30H28ClN5O2. The van der Waals surface area contributed by atoms with Crippen LogP contribution in [-0.4, -0.2) is 21.8 Å². The minimum atomic E-state index is -0.145. The summed E-state index contributed by atoms with van der Waals surface area (Å²) >= 11 is 6.13. The van der Waals surface area contributed by atoms with Gasteiger partial charge in [-0.2, -0.15) is 0 Å². The number of aromatic nitrogens is 2. The first-order chi connectivity index (χ1) is 18.4. The van der Waals surface area contributed by atoms with Crippen LogP contribution in [0.5, 0.6) is 0 Å². The fourth-order valence-electron chi connectivity index (χ4n) is 4.53. The zero-order chi connectivity index (χ0) is 26.6. The lowest BCUT2D eigenvalue weighted by Gasteiger charge is -2.21. The fourth-order valence-corrected chi connectivity index (χ4v) is 4.71. The molecule has 8 heteroatoms. The van der Waals surface area contributed by atoms with E-state index in [4.69, 9.17) is 16.6 Å². The first-order valence-corrected chi connectivity index (χ1v) is 12.9. The van der Waals surface area contributed by atoms with Crippen molar-refractivity contribution in [1.82, 2.24) is 15.3 Å². The predicted molar refractivity (Wildman–Crippen MR) is 151 cm³/mol. The van der Waals surface area contributed by atoms with Gasteiger partial charge in [0.15, 0.2) is 0 Å². The van der Waals surface area contributed by atoms with Crippen LogP contribution < -0.4 is 16.0 Å². The molecule has 4 aromatic rings. The van der Waals surface area contributed by atoms with Crippen molar-refractivity contribution in [2.24, 2.45) is 5.92 Å². The Balaban J connectivity index is 1.33. The normalized spacial score (nSPS) is 13.1. The molecule has 3 N–H and O–H groups in total. The minimum Gasteiger partial charge on any atom is -0.345 e. The summed E-state index contributed by atoms with van der Waals surface area (Å²) in [4.78, 5) is 34.5. The van der Waals surface area contributed by atoms with Crippen molar-refractivity contribution in [3.63, 3.8) is 0 Å². The maximum atomic E-state index is 13.0. The van der Waals surface area contributed by atoms with E-state index in [1.165, 1.54) is 0 Å². The van der Waals surface area contributed by atoms with Crippen molar-refractivity contribution in [2.45, 2.75) is 32.7 Å². The van der Waals surface area contributed by atoms with E-state index >= 15 is 0 Å². The topological polar surface area (TPSA) is 96.0 Å². The number of rotatable bonds is 7. The third-order valence-corrected chi connectivity index (χ3v) is 6.58. The van der Waals surface area contributed by atoms with E-state index in [9.17, 15) is 9.59 Å². The molecule has 7 nitrogen and oxygen atoms in total. The summed E-state index contributed by atoms with van der Waals surface area (Å²) in [6, 6.07) is 22.5. The largest absolute Gasteiger partial charge is 0.345 e. The van der Waals surface area contributed by atoms with Gasteiger partial charge < -0.3 is 16.0 Å². The monoisotopic (exact) mass is 525 g/mol. The molecule has 5 rings (SSSR count). The second-order valence-electron chi connectivity index (χ2n) is 9.75. The van der Waals surface area contributed by atoms with Crippen LogP contribution in [0.15, 0.2) is 79.0 Å². The highest BCUT2D eigenvalue weighted by Gasteiger charge is 2.22. The summed E-state index contributed by atoms with van der Waals surface area (Å²) in [5.74, 6) is 0.552. The Labute approximate surface area is 226 Å². The molecule has 1 unspecified atom stereocenters. The quantitative estimate of drug-likeness (QED) is 0.254. The number of anilines is 3. The Morgan fingerprint density at radius 3 is 2.55 bits per heavy atom. The fraction of sp³-hybridized carbons (Fsp3) is 0.200. The van der Waals surface area contributed by atoms with Gasteiger partial charge in [-0.1, -0.05) is 55.8 Å². The van der Waals surface area contributed by atoms with Gasteiger partial charge in [0.2, 0.25) is 11.9 Å². The van der Waals surface area contributed by atoms with Gasteiger partial charge in [-0.3, -0.25) is 9.59 Å². The number of halogens is 1. The van der Waals surface area contributed by atoms with Crippen molar-refractivity contribution in [2.75, 3.05) is 10.6 Å². The average molecular weight is 526 g/mol. The molecule has 1 aromatic heterocycles. The van der Waals surface area contributed by atoms with E-state index in [0.717, 1.165) is 28.8 Å². The van der Waals surface area contributed by atoms with Gasteiger partial charge in [-0.15, -0.1) is 0 Å². The number of nitrogens with one attached hydrogen (secondary N) is 3. The molecule has 2 amide bonds. The summed E-state index contributed by atoms with van der Waals surface area (Å²) in [5.41, 5.74) is 5.20. The van der Waals surface area contributed by atoms with Crippen LogP contribution in [0.3, 0.4) is 0 Å². The first kappa shape index (κ1) is 25.4. The third-order valence-electron chi connectivity index (χ3n) is 6.34. The molecule has 0 fully saturated rings. The van der Waals surface area contributed by atoms with Crippen molar-refractivity contribution in [1.29, 1.82) is 0 Å². The highest BCUT2D eigenvalue weighted by Crippen LogP contribution is 2.35. The highest BCUT2D eigenvalue weighted by atomic mass is 35.5. The number of benzene rings is 3. The molecule has 0 saturated carbocycles. The van der Waals surface area contributed by atoms with E-state index in [2.05, 4.69) is 34.8 Å². The number of fused-ring (bicyclic) bond motifs is 3. The molecule has 192 valence electrons. The number of nitrogens with zero attached hydrogens (tertiary/aromatic N) is 2. The summed E-state index contributed by atoms with van der Waals surface area (Å²) < 4.78 is 0. The molecule has 3 aromatic carbocycles. The number of amides is 2. The Morgan fingerprint density at radius 2 is 1.82 bits per heavy atom. The van der Waals surface area contributed by atoms with Gasteiger partial charge in [-0.25, -0.2) is 9.97 Å². The molecule has 1 aliphatic heterocycles. The lowest BCUT2D eigenvalue weighted by molar-refractivity contribution is -0.115. The number of carbonyl (C=O) groups is 2. The van der Waals surface area contributed by atoms with E-state index in [1.54, 1.807) is 30.5 Å². The molecule has 1 atom stereocenters. The van der Waals surface area contributed by atoms with Crippen LogP contribution in [0.2, 0.25) is 5.02 Å². The number of hydrogen-bond acceptors (Lipinski definition) is 5. The average Bonchev–Trinajstić information content (AvgIpc) is 3.03. The Morgan fingerprint density at radius 1 is 1.05 bits per heavy atom. The van der Waals surface area contributed by atoms with Gasteiger partial charge in [0.05, 0.1) is 23.8 Å². The zero-order valence-corrected chi connectivity index (χ0v) is 21.9. The van der Waals surface area contributed by atoms with Crippen LogP contribution in [0.25, 0.3) is 11.3 Å². The third kappa shape index (κ3) is 5.84. The van der Waals surface area contributed by atoms with Crippen LogP contribution >= 0.6 is 11.6 Å². The first-order valence-electron chi connectivity index (χ1n) is 12.5. The molecule has 0 spiro atoms. The van der Waals surface area contributed by atoms with Gasteiger partial charge in [0.1, 0.15) is 0 Å². The molecular weight excluding hydrogens is 498 g/mol. The Bertz CT molecular complexity index is 1470. The van der Waals surface area contributed by atoms with E-state index in [0.29, 0.717) is 33.8 Å². The van der Waals surface area contributed by atoms with E-state index in [1.807, 2.05) is 48.5 Å². The van der Waals surface area contributed by atoms with Crippen LogP contribution in [0.1, 0.15) is 47.8 Å². The Kier molecular flexibility index (Phi) is 7.38. The smallest absolute Gasteiger partial charge is 0.251 e. The second kappa shape index (κ2) is 11.0. The van der Waals surface area contributed by atoms with Crippen LogP contribution in [0.4, 0.5) is 17.3 Å². The molecule has 0 saturated heterocycles. The van der Waals surface area contributed by atoms with E-state index in [-0.39, 0.29) is 24.3 Å². The number of carbonyl (C=O) groups excluding carboxylic acids is 2. The molecule has 0 radical (unpaired) electrons. The standard InChI is InChI=1S/C30H28ClN5O2/c1-18(2)14-25(19-6-4-3-5-7-19)35-29(38)20-8-11-23(12-9-20)33-30-32-17-21-15-27(37)34-26-16-22(31)10-13-24(26)28(21)36-30/h3-13,16-18,25H,14-15H2,1-2H3,(H,34,37)(H,35,38)(H,32,33,36). The lowest BCUT2D eigenvalue weighted by atomic mass is 9.96. The molecule has 38 heavy (non-hydrogen) atoms. The molecule has 0 aliphatic carbocycles. The van der Waals surface area contributed by atoms with Crippen molar-refractivity contribution < 1.29 is 9.59 Å². The maximum absolute atomic E-state index is 13.0. The molecule has 0 bridgehead atoms. The lowest BCUT2D eigenvalue weighted by Crippen LogP contribution is -2.29. The SMILES string of the molecule is CC(C)CC(NC(=O)c1ccc(Nc2ncc3c(n2)-c2ccc(Cl)cc2NC(=O)C3)cc1)c1ccccc1. The summed E-state index contributed by atoms with van der Waals surface area (Å²) in [5, 5.41) is 9.79. The maximum Gasteiger partial charge on any atom is 0.251 e. The number of hydrogen-bond donors (Lipinski definition) is 3. The van der Waals surface area contributed by atoms with Gasteiger partial charge in [-0.05, 0) is 60.4 Å². The summed E-state index contributed by atoms with van der Waals surface area (Å²) in [6.45, 7) is 4.30. The van der Waals surface area contributed by atoms with Gasteiger partial charge in [0, 0.05) is 33.6 Å². The highest BCUT2D eigenvalue weighted by molar-refractivity contribution is 6.31. The second-order valence-corrected chi connectivity index (χ2v) is 10.2.